The number of carbonyl (C=O) groups is 1. The van der Waals surface area contributed by atoms with Crippen molar-refractivity contribution in [2.75, 3.05) is 13.7 Å². The van der Waals surface area contributed by atoms with E-state index in [1.165, 1.54) is 0 Å². The first kappa shape index (κ1) is 15.0. The van der Waals surface area contributed by atoms with E-state index in [0.29, 0.717) is 18.7 Å². The zero-order valence-electron chi connectivity index (χ0n) is 12.0. The molecule has 110 valence electrons. The zero-order valence-corrected chi connectivity index (χ0v) is 12.0. The minimum Gasteiger partial charge on any atom is -0.393 e. The van der Waals surface area contributed by atoms with Gasteiger partial charge >= 0.3 is 0 Å². The Morgan fingerprint density at radius 2 is 2.20 bits per heavy atom. The van der Waals surface area contributed by atoms with Crippen molar-refractivity contribution in [3.63, 3.8) is 0 Å². The molecule has 1 fully saturated rings. The number of methoxy groups -OCH3 is 1. The third kappa shape index (κ3) is 4.05. The van der Waals surface area contributed by atoms with Gasteiger partial charge in [0, 0.05) is 25.1 Å². The van der Waals surface area contributed by atoms with Crippen LogP contribution in [0.5, 0.6) is 0 Å². The van der Waals surface area contributed by atoms with Gasteiger partial charge in [-0.3, -0.25) is 4.79 Å². The number of ether oxygens (including phenoxy) is 1. The SMILES string of the molecule is COCc1cccc(C(=O)NCC2CCCCC2O)c1. The summed E-state index contributed by atoms with van der Waals surface area (Å²) in [5, 5.41) is 12.8. The summed E-state index contributed by atoms with van der Waals surface area (Å²) < 4.78 is 5.07. The molecule has 2 N–H and O–H groups in total. The molecule has 0 radical (unpaired) electrons. The first-order valence-corrected chi connectivity index (χ1v) is 7.25. The second-order valence-corrected chi connectivity index (χ2v) is 5.46. The van der Waals surface area contributed by atoms with E-state index in [9.17, 15) is 9.90 Å². The monoisotopic (exact) mass is 277 g/mol. The molecule has 0 bridgehead atoms. The van der Waals surface area contributed by atoms with Crippen LogP contribution in [0.25, 0.3) is 0 Å². The lowest BCUT2D eigenvalue weighted by Crippen LogP contribution is -2.36. The lowest BCUT2D eigenvalue weighted by Gasteiger charge is -2.27. The highest BCUT2D eigenvalue weighted by molar-refractivity contribution is 5.94. The van der Waals surface area contributed by atoms with E-state index in [-0.39, 0.29) is 17.9 Å². The fourth-order valence-electron chi connectivity index (χ4n) is 2.72. The molecule has 20 heavy (non-hydrogen) atoms. The van der Waals surface area contributed by atoms with Crippen molar-refractivity contribution < 1.29 is 14.6 Å². The Labute approximate surface area is 120 Å². The van der Waals surface area contributed by atoms with Crippen LogP contribution in [-0.2, 0) is 11.3 Å². The molecule has 0 spiro atoms. The van der Waals surface area contributed by atoms with E-state index in [1.807, 2.05) is 18.2 Å². The van der Waals surface area contributed by atoms with E-state index >= 15 is 0 Å². The van der Waals surface area contributed by atoms with Gasteiger partial charge in [0.1, 0.15) is 0 Å². The first-order chi connectivity index (χ1) is 9.70. The highest BCUT2D eigenvalue weighted by atomic mass is 16.5. The summed E-state index contributed by atoms with van der Waals surface area (Å²) in [7, 11) is 1.64. The third-order valence-electron chi connectivity index (χ3n) is 3.89. The molecule has 4 nitrogen and oxygen atoms in total. The van der Waals surface area contributed by atoms with Gasteiger partial charge in [-0.05, 0) is 30.5 Å². The summed E-state index contributed by atoms with van der Waals surface area (Å²) in [5.74, 6) is 0.107. The summed E-state index contributed by atoms with van der Waals surface area (Å²) >= 11 is 0. The van der Waals surface area contributed by atoms with Gasteiger partial charge in [-0.15, -0.1) is 0 Å². The van der Waals surface area contributed by atoms with E-state index < -0.39 is 0 Å². The number of benzene rings is 1. The van der Waals surface area contributed by atoms with Gasteiger partial charge in [-0.1, -0.05) is 25.0 Å². The van der Waals surface area contributed by atoms with Gasteiger partial charge < -0.3 is 15.2 Å². The molecule has 0 aromatic heterocycles. The van der Waals surface area contributed by atoms with Gasteiger partial charge in [0.25, 0.3) is 5.91 Å². The van der Waals surface area contributed by atoms with Crippen LogP contribution in [0, 0.1) is 5.92 Å². The number of nitrogens with one attached hydrogen (secondary N) is 1. The number of aliphatic hydroxyl groups excluding tert-OH is 1. The lowest BCUT2D eigenvalue weighted by atomic mass is 9.86. The Bertz CT molecular complexity index is 447. The topological polar surface area (TPSA) is 58.6 Å². The van der Waals surface area contributed by atoms with Crippen LogP contribution in [0.2, 0.25) is 0 Å². The molecule has 2 atom stereocenters. The van der Waals surface area contributed by atoms with Crippen LogP contribution in [0.1, 0.15) is 41.6 Å². The van der Waals surface area contributed by atoms with Crippen molar-refractivity contribution >= 4 is 5.91 Å². The predicted octanol–water partition coefficient (Wildman–Crippen LogP) is 2.11. The van der Waals surface area contributed by atoms with Crippen LogP contribution in [0.15, 0.2) is 24.3 Å². The summed E-state index contributed by atoms with van der Waals surface area (Å²) in [6, 6.07) is 7.44. The number of aliphatic hydroxyl groups is 1. The molecule has 0 aliphatic heterocycles. The molecule has 1 aliphatic carbocycles. The van der Waals surface area contributed by atoms with Crippen LogP contribution in [0.3, 0.4) is 0 Å². The lowest BCUT2D eigenvalue weighted by molar-refractivity contribution is 0.0663. The predicted molar refractivity (Wildman–Crippen MR) is 77.5 cm³/mol. The zero-order chi connectivity index (χ0) is 14.4. The van der Waals surface area contributed by atoms with Crippen molar-refractivity contribution in [3.8, 4) is 0 Å². The second-order valence-electron chi connectivity index (χ2n) is 5.46. The van der Waals surface area contributed by atoms with Crippen molar-refractivity contribution in [1.29, 1.82) is 0 Å². The summed E-state index contributed by atoms with van der Waals surface area (Å²) in [5.41, 5.74) is 1.63. The first-order valence-electron chi connectivity index (χ1n) is 7.25. The fourth-order valence-corrected chi connectivity index (χ4v) is 2.72. The molecule has 0 saturated heterocycles. The maximum Gasteiger partial charge on any atom is 0.251 e. The number of hydrogen-bond acceptors (Lipinski definition) is 3. The van der Waals surface area contributed by atoms with Crippen LogP contribution in [-0.4, -0.2) is 30.8 Å². The molecular weight excluding hydrogens is 254 g/mol. The van der Waals surface area contributed by atoms with Crippen LogP contribution in [0.4, 0.5) is 0 Å². The van der Waals surface area contributed by atoms with Gasteiger partial charge in [0.05, 0.1) is 12.7 Å². The third-order valence-corrected chi connectivity index (χ3v) is 3.89. The molecule has 4 heteroatoms. The van der Waals surface area contributed by atoms with E-state index in [4.69, 9.17) is 4.74 Å². The van der Waals surface area contributed by atoms with Gasteiger partial charge in [-0.2, -0.15) is 0 Å². The Morgan fingerprint density at radius 3 is 2.95 bits per heavy atom. The van der Waals surface area contributed by atoms with Gasteiger partial charge in [0.15, 0.2) is 0 Å². The molecule has 2 unspecified atom stereocenters. The standard InChI is InChI=1S/C16H23NO3/c1-20-11-12-5-4-7-13(9-12)16(19)17-10-14-6-2-3-8-15(14)18/h4-5,7,9,14-15,18H,2-3,6,8,10-11H2,1H3,(H,17,19). The molecule has 1 saturated carbocycles. The van der Waals surface area contributed by atoms with Gasteiger partial charge in [0.2, 0.25) is 0 Å². The Balaban J connectivity index is 1.89. The Kier molecular flexibility index (Phi) is 5.56. The maximum atomic E-state index is 12.1. The Hall–Kier alpha value is -1.39. The van der Waals surface area contributed by atoms with Gasteiger partial charge in [-0.25, -0.2) is 0 Å². The summed E-state index contributed by atoms with van der Waals surface area (Å²) in [4.78, 5) is 12.1. The van der Waals surface area contributed by atoms with Crippen LogP contribution >= 0.6 is 0 Å². The number of amides is 1. The quantitative estimate of drug-likeness (QED) is 0.866. The summed E-state index contributed by atoms with van der Waals surface area (Å²) in [6.45, 7) is 1.05. The molecule has 2 rings (SSSR count). The largest absolute Gasteiger partial charge is 0.393 e. The smallest absolute Gasteiger partial charge is 0.251 e. The number of carbonyl (C=O) groups excluding carboxylic acids is 1. The second kappa shape index (κ2) is 7.41. The highest BCUT2D eigenvalue weighted by Gasteiger charge is 2.23. The van der Waals surface area contributed by atoms with Crippen molar-refractivity contribution in [1.82, 2.24) is 5.32 Å². The van der Waals surface area contributed by atoms with E-state index in [1.54, 1.807) is 13.2 Å². The average Bonchev–Trinajstić information content (AvgIpc) is 2.47. The molecule has 1 amide bonds. The average molecular weight is 277 g/mol. The number of hydrogen-bond donors (Lipinski definition) is 2. The molecule has 1 aromatic carbocycles. The number of rotatable bonds is 5. The molecule has 0 heterocycles. The normalized spacial score (nSPS) is 22.5. The minimum absolute atomic E-state index is 0.0827. The van der Waals surface area contributed by atoms with Crippen molar-refractivity contribution in [3.05, 3.63) is 35.4 Å². The van der Waals surface area contributed by atoms with E-state index in [0.717, 1.165) is 31.2 Å². The fraction of sp³-hybridized carbons (Fsp3) is 0.562. The minimum atomic E-state index is -0.274. The summed E-state index contributed by atoms with van der Waals surface area (Å²) in [6.07, 6.45) is 3.80. The van der Waals surface area contributed by atoms with Crippen molar-refractivity contribution in [2.45, 2.75) is 38.4 Å². The van der Waals surface area contributed by atoms with Crippen LogP contribution < -0.4 is 5.32 Å². The van der Waals surface area contributed by atoms with E-state index in [2.05, 4.69) is 5.32 Å². The van der Waals surface area contributed by atoms with Crippen molar-refractivity contribution in [2.24, 2.45) is 5.92 Å². The molecule has 1 aromatic rings. The maximum absolute atomic E-state index is 12.1. The highest BCUT2D eigenvalue weighted by Crippen LogP contribution is 2.23. The Morgan fingerprint density at radius 1 is 1.40 bits per heavy atom. The molecule has 1 aliphatic rings. The molecular formula is C16H23NO3.